The Morgan fingerprint density at radius 1 is 1.33 bits per heavy atom. The van der Waals surface area contributed by atoms with Gasteiger partial charge in [0.25, 0.3) is 0 Å². The van der Waals surface area contributed by atoms with Crippen molar-refractivity contribution in [1.82, 2.24) is 4.90 Å². The highest BCUT2D eigenvalue weighted by Crippen LogP contribution is 2.15. The summed E-state index contributed by atoms with van der Waals surface area (Å²) in [5.41, 5.74) is 5.50. The first-order chi connectivity index (χ1) is 8.61. The van der Waals surface area contributed by atoms with E-state index in [1.165, 1.54) is 0 Å². The summed E-state index contributed by atoms with van der Waals surface area (Å²) in [6, 6.07) is 7.85. The summed E-state index contributed by atoms with van der Waals surface area (Å²) < 4.78 is 6.73. The van der Waals surface area contributed by atoms with Gasteiger partial charge >= 0.3 is 0 Å². The number of halogens is 1. The van der Waals surface area contributed by atoms with Crippen LogP contribution in [0.25, 0.3) is 0 Å². The number of nitrogens with zero attached hydrogens (tertiary/aromatic N) is 1. The Labute approximate surface area is 122 Å². The molecular formula is C13H19BrN2OS. The fourth-order valence-electron chi connectivity index (χ4n) is 1.52. The average molecular weight is 331 g/mol. The van der Waals surface area contributed by atoms with Gasteiger partial charge in [-0.15, -0.1) is 0 Å². The molecule has 0 bridgehead atoms. The lowest BCUT2D eigenvalue weighted by atomic mass is 10.3. The lowest BCUT2D eigenvalue weighted by Gasteiger charge is -2.20. The molecule has 1 aromatic carbocycles. The van der Waals surface area contributed by atoms with Crippen molar-refractivity contribution in [3.63, 3.8) is 0 Å². The van der Waals surface area contributed by atoms with Crippen molar-refractivity contribution in [1.29, 1.82) is 0 Å². The van der Waals surface area contributed by atoms with Crippen LogP contribution in [0.15, 0.2) is 28.7 Å². The Balaban J connectivity index is 2.26. The predicted molar refractivity (Wildman–Crippen MR) is 83.2 cm³/mol. The predicted octanol–water partition coefficient (Wildman–Crippen LogP) is 2.83. The summed E-state index contributed by atoms with van der Waals surface area (Å²) in [5, 5.41) is 0. The molecule has 1 aromatic rings. The van der Waals surface area contributed by atoms with Crippen LogP contribution in [0.1, 0.15) is 13.3 Å². The third kappa shape index (κ3) is 6.33. The number of hydrogen-bond acceptors (Lipinski definition) is 3. The molecule has 0 heterocycles. The monoisotopic (exact) mass is 330 g/mol. The maximum absolute atomic E-state index is 5.67. The largest absolute Gasteiger partial charge is 0.492 e. The molecular weight excluding hydrogens is 312 g/mol. The smallest absolute Gasteiger partial charge is 0.119 e. The van der Waals surface area contributed by atoms with E-state index in [1.807, 2.05) is 24.3 Å². The zero-order chi connectivity index (χ0) is 13.4. The van der Waals surface area contributed by atoms with Crippen molar-refractivity contribution in [3.8, 4) is 5.75 Å². The quantitative estimate of drug-likeness (QED) is 0.744. The Bertz CT molecular complexity index is 370. The highest BCUT2D eigenvalue weighted by molar-refractivity contribution is 9.10. The SMILES string of the molecule is CCN(CCOc1ccc(Br)cc1)CCC(N)=S. The van der Waals surface area contributed by atoms with Crippen LogP contribution in [0.3, 0.4) is 0 Å². The average Bonchev–Trinajstić information content (AvgIpc) is 2.35. The van der Waals surface area contributed by atoms with Crippen LogP contribution in [0.4, 0.5) is 0 Å². The minimum absolute atomic E-state index is 0.572. The molecule has 0 fully saturated rings. The molecule has 0 saturated carbocycles. The number of hydrogen-bond donors (Lipinski definition) is 1. The van der Waals surface area contributed by atoms with Crippen LogP contribution in [0, 0.1) is 0 Å². The van der Waals surface area contributed by atoms with Gasteiger partial charge in [-0.1, -0.05) is 35.1 Å². The number of nitrogens with two attached hydrogens (primary N) is 1. The maximum atomic E-state index is 5.67. The van der Waals surface area contributed by atoms with Gasteiger partial charge in [-0.25, -0.2) is 0 Å². The first kappa shape index (κ1) is 15.4. The zero-order valence-corrected chi connectivity index (χ0v) is 13.0. The molecule has 0 aliphatic heterocycles. The number of thiocarbonyl (C=S) groups is 1. The molecule has 3 nitrogen and oxygen atoms in total. The number of ether oxygens (including phenoxy) is 1. The maximum Gasteiger partial charge on any atom is 0.119 e. The molecule has 0 atom stereocenters. The minimum Gasteiger partial charge on any atom is -0.492 e. The molecule has 0 spiro atoms. The summed E-state index contributed by atoms with van der Waals surface area (Å²) >= 11 is 8.27. The van der Waals surface area contributed by atoms with E-state index >= 15 is 0 Å². The number of rotatable bonds is 8. The van der Waals surface area contributed by atoms with Gasteiger partial charge < -0.3 is 10.5 Å². The Kier molecular flexibility index (Phi) is 7.23. The van der Waals surface area contributed by atoms with Gasteiger partial charge in [-0.05, 0) is 30.8 Å². The Hall–Kier alpha value is -0.650. The van der Waals surface area contributed by atoms with Gasteiger partial charge in [0.05, 0.1) is 4.99 Å². The molecule has 5 heteroatoms. The van der Waals surface area contributed by atoms with Gasteiger partial charge in [0.1, 0.15) is 12.4 Å². The van der Waals surface area contributed by atoms with Crippen LogP contribution >= 0.6 is 28.1 Å². The molecule has 18 heavy (non-hydrogen) atoms. The summed E-state index contributed by atoms with van der Waals surface area (Å²) in [6.07, 6.45) is 0.765. The van der Waals surface area contributed by atoms with Crippen molar-refractivity contribution in [2.24, 2.45) is 5.73 Å². The summed E-state index contributed by atoms with van der Waals surface area (Å²) in [7, 11) is 0. The standard InChI is InChI=1S/C13H19BrN2OS/c1-2-16(8-7-13(15)18)9-10-17-12-5-3-11(14)4-6-12/h3-6H,2,7-10H2,1H3,(H2,15,18). The fourth-order valence-corrected chi connectivity index (χ4v) is 1.88. The van der Waals surface area contributed by atoms with E-state index in [9.17, 15) is 0 Å². The molecule has 0 amide bonds. The third-order valence-corrected chi connectivity index (χ3v) is 3.34. The van der Waals surface area contributed by atoms with E-state index in [1.54, 1.807) is 0 Å². The fraction of sp³-hybridized carbons (Fsp3) is 0.462. The molecule has 0 radical (unpaired) electrons. The topological polar surface area (TPSA) is 38.5 Å². The molecule has 0 aromatic heterocycles. The van der Waals surface area contributed by atoms with E-state index in [0.717, 1.165) is 36.3 Å². The normalized spacial score (nSPS) is 10.6. The second-order valence-corrected chi connectivity index (χ2v) is 5.39. The van der Waals surface area contributed by atoms with Gasteiger partial charge in [0.2, 0.25) is 0 Å². The molecule has 0 aliphatic rings. The van der Waals surface area contributed by atoms with Gasteiger partial charge in [0, 0.05) is 24.0 Å². The second-order valence-electron chi connectivity index (χ2n) is 3.95. The van der Waals surface area contributed by atoms with Crippen molar-refractivity contribution in [2.45, 2.75) is 13.3 Å². The van der Waals surface area contributed by atoms with Crippen molar-refractivity contribution < 1.29 is 4.74 Å². The van der Waals surface area contributed by atoms with E-state index in [4.69, 9.17) is 22.7 Å². The van der Waals surface area contributed by atoms with Crippen LogP contribution < -0.4 is 10.5 Å². The van der Waals surface area contributed by atoms with Gasteiger partial charge in [0.15, 0.2) is 0 Å². The molecule has 0 saturated heterocycles. The highest BCUT2D eigenvalue weighted by atomic mass is 79.9. The van der Waals surface area contributed by atoms with Crippen molar-refractivity contribution in [2.75, 3.05) is 26.2 Å². The summed E-state index contributed by atoms with van der Waals surface area (Å²) in [5.74, 6) is 0.892. The van der Waals surface area contributed by atoms with Gasteiger partial charge in [-0.3, -0.25) is 4.90 Å². The van der Waals surface area contributed by atoms with Crippen LogP contribution in [0.2, 0.25) is 0 Å². The third-order valence-electron chi connectivity index (χ3n) is 2.61. The first-order valence-electron chi connectivity index (χ1n) is 6.01. The van der Waals surface area contributed by atoms with Crippen LogP contribution in [-0.2, 0) is 0 Å². The number of likely N-dealkylation sites (N-methyl/N-ethyl adjacent to an activating group) is 1. The van der Waals surface area contributed by atoms with Crippen LogP contribution in [-0.4, -0.2) is 36.1 Å². The second kappa shape index (κ2) is 8.45. The summed E-state index contributed by atoms with van der Waals surface area (Å²) in [6.45, 7) is 5.56. The van der Waals surface area contributed by atoms with Gasteiger partial charge in [-0.2, -0.15) is 0 Å². The Morgan fingerprint density at radius 3 is 2.56 bits per heavy atom. The Morgan fingerprint density at radius 2 is 2.00 bits per heavy atom. The zero-order valence-electron chi connectivity index (χ0n) is 10.6. The molecule has 2 N–H and O–H groups in total. The van der Waals surface area contributed by atoms with E-state index < -0.39 is 0 Å². The first-order valence-corrected chi connectivity index (χ1v) is 7.21. The molecule has 1 rings (SSSR count). The molecule has 0 unspecified atom stereocenters. The molecule has 0 aliphatic carbocycles. The molecule has 100 valence electrons. The number of benzene rings is 1. The van der Waals surface area contributed by atoms with E-state index in [2.05, 4.69) is 27.8 Å². The van der Waals surface area contributed by atoms with Crippen molar-refractivity contribution >= 4 is 33.1 Å². The highest BCUT2D eigenvalue weighted by Gasteiger charge is 2.03. The van der Waals surface area contributed by atoms with Crippen molar-refractivity contribution in [3.05, 3.63) is 28.7 Å². The van der Waals surface area contributed by atoms with E-state index in [0.29, 0.717) is 11.6 Å². The summed E-state index contributed by atoms with van der Waals surface area (Å²) in [4.78, 5) is 2.85. The minimum atomic E-state index is 0.572. The lowest BCUT2D eigenvalue weighted by Crippen LogP contribution is -2.31. The van der Waals surface area contributed by atoms with E-state index in [-0.39, 0.29) is 0 Å². The van der Waals surface area contributed by atoms with Crippen LogP contribution in [0.5, 0.6) is 5.75 Å². The lowest BCUT2D eigenvalue weighted by molar-refractivity contribution is 0.219.